The van der Waals surface area contributed by atoms with Gasteiger partial charge in [0.15, 0.2) is 5.65 Å². The number of hydrogen-bond donors (Lipinski definition) is 1. The third-order valence-electron chi connectivity index (χ3n) is 3.54. The number of likely N-dealkylation sites (tertiary alicyclic amines) is 1. The van der Waals surface area contributed by atoms with Gasteiger partial charge in [-0.1, -0.05) is 6.42 Å². The molecule has 3 heterocycles. The van der Waals surface area contributed by atoms with Crippen LogP contribution in [0.3, 0.4) is 0 Å². The molecule has 1 aliphatic heterocycles. The van der Waals surface area contributed by atoms with E-state index in [1.165, 1.54) is 38.7 Å². The van der Waals surface area contributed by atoms with Gasteiger partial charge in [0.25, 0.3) is 0 Å². The van der Waals surface area contributed by atoms with Crippen molar-refractivity contribution in [1.29, 1.82) is 0 Å². The molecule has 0 bridgehead atoms. The van der Waals surface area contributed by atoms with E-state index in [9.17, 15) is 0 Å². The van der Waals surface area contributed by atoms with Gasteiger partial charge in [-0.05, 0) is 25.9 Å². The van der Waals surface area contributed by atoms with Gasteiger partial charge >= 0.3 is 0 Å². The number of nitrogens with two attached hydrogens (primary N) is 1. The van der Waals surface area contributed by atoms with E-state index in [0.29, 0.717) is 5.82 Å². The maximum Gasteiger partial charge on any atom is 0.163 e. The van der Waals surface area contributed by atoms with Crippen molar-refractivity contribution in [3.63, 3.8) is 0 Å². The summed E-state index contributed by atoms with van der Waals surface area (Å²) in [6, 6.07) is 0. The number of rotatable bonds is 3. The van der Waals surface area contributed by atoms with Crippen molar-refractivity contribution < 1.29 is 0 Å². The molecule has 0 spiro atoms. The molecule has 1 aliphatic rings. The average molecular weight is 246 g/mol. The molecule has 2 aromatic heterocycles. The minimum atomic E-state index is 0.504. The van der Waals surface area contributed by atoms with E-state index in [4.69, 9.17) is 5.73 Å². The summed E-state index contributed by atoms with van der Waals surface area (Å²) in [4.78, 5) is 10.7. The molecule has 1 fully saturated rings. The van der Waals surface area contributed by atoms with Crippen LogP contribution in [0, 0.1) is 0 Å². The molecule has 2 aromatic rings. The molecule has 3 rings (SSSR count). The Bertz CT molecular complexity index is 528. The standard InChI is InChI=1S/C12H18N6/c13-11-10-8-16-18(12(10)15-9-14-11)7-6-17-4-2-1-3-5-17/h8-9H,1-7H2,(H2,13,14,15). The van der Waals surface area contributed by atoms with Gasteiger partial charge in [-0.15, -0.1) is 0 Å². The summed E-state index contributed by atoms with van der Waals surface area (Å²) in [5.41, 5.74) is 6.63. The quantitative estimate of drug-likeness (QED) is 0.871. The zero-order chi connectivity index (χ0) is 12.4. The maximum atomic E-state index is 5.79. The summed E-state index contributed by atoms with van der Waals surface area (Å²) < 4.78 is 1.92. The Morgan fingerprint density at radius 3 is 2.78 bits per heavy atom. The molecule has 0 aliphatic carbocycles. The summed E-state index contributed by atoms with van der Waals surface area (Å²) in [7, 11) is 0. The zero-order valence-corrected chi connectivity index (χ0v) is 10.4. The topological polar surface area (TPSA) is 72.9 Å². The van der Waals surface area contributed by atoms with Crippen molar-refractivity contribution in [2.45, 2.75) is 25.8 Å². The monoisotopic (exact) mass is 246 g/mol. The van der Waals surface area contributed by atoms with Crippen LogP contribution in [0.4, 0.5) is 5.82 Å². The van der Waals surface area contributed by atoms with Crippen LogP contribution in [0.2, 0.25) is 0 Å². The number of fused-ring (bicyclic) bond motifs is 1. The van der Waals surface area contributed by atoms with Crippen molar-refractivity contribution in [2.24, 2.45) is 0 Å². The lowest BCUT2D eigenvalue weighted by atomic mass is 10.1. The normalized spacial score (nSPS) is 17.3. The third kappa shape index (κ3) is 2.15. The molecule has 0 saturated carbocycles. The molecule has 1 saturated heterocycles. The highest BCUT2D eigenvalue weighted by Crippen LogP contribution is 2.15. The summed E-state index contributed by atoms with van der Waals surface area (Å²) in [5.74, 6) is 0.504. The number of nitrogens with zero attached hydrogens (tertiary/aromatic N) is 5. The molecule has 0 unspecified atom stereocenters. The summed E-state index contributed by atoms with van der Waals surface area (Å²) in [5, 5.41) is 5.19. The van der Waals surface area contributed by atoms with E-state index in [-0.39, 0.29) is 0 Å². The first-order valence-corrected chi connectivity index (χ1v) is 6.49. The van der Waals surface area contributed by atoms with Crippen LogP contribution < -0.4 is 5.73 Å². The fourth-order valence-electron chi connectivity index (χ4n) is 2.49. The highest BCUT2D eigenvalue weighted by atomic mass is 15.3. The number of nitrogen functional groups attached to an aromatic ring is 1. The molecule has 0 aromatic carbocycles. The first-order chi connectivity index (χ1) is 8.84. The molecular weight excluding hydrogens is 228 g/mol. The molecule has 18 heavy (non-hydrogen) atoms. The average Bonchev–Trinajstić information content (AvgIpc) is 2.82. The fraction of sp³-hybridized carbons (Fsp3) is 0.583. The minimum absolute atomic E-state index is 0.504. The zero-order valence-electron chi connectivity index (χ0n) is 10.4. The van der Waals surface area contributed by atoms with Crippen molar-refractivity contribution in [1.82, 2.24) is 24.6 Å². The Labute approximate surface area is 106 Å². The molecule has 96 valence electrons. The first kappa shape index (κ1) is 11.4. The van der Waals surface area contributed by atoms with Gasteiger partial charge in [0, 0.05) is 6.54 Å². The largest absolute Gasteiger partial charge is 0.383 e. The minimum Gasteiger partial charge on any atom is -0.383 e. The van der Waals surface area contributed by atoms with Crippen LogP contribution in [0.25, 0.3) is 11.0 Å². The highest BCUT2D eigenvalue weighted by Gasteiger charge is 2.12. The highest BCUT2D eigenvalue weighted by molar-refractivity contribution is 5.84. The predicted octanol–water partition coefficient (Wildman–Crippen LogP) is 0.894. The molecule has 6 heteroatoms. The van der Waals surface area contributed by atoms with Gasteiger partial charge in [0.05, 0.1) is 18.1 Å². The number of aromatic nitrogens is 4. The van der Waals surface area contributed by atoms with Crippen LogP contribution in [0.5, 0.6) is 0 Å². The summed E-state index contributed by atoms with van der Waals surface area (Å²) >= 11 is 0. The first-order valence-electron chi connectivity index (χ1n) is 6.49. The lowest BCUT2D eigenvalue weighted by Gasteiger charge is -2.26. The molecule has 0 radical (unpaired) electrons. The number of hydrogen-bond acceptors (Lipinski definition) is 5. The molecular formula is C12H18N6. The van der Waals surface area contributed by atoms with E-state index >= 15 is 0 Å². The van der Waals surface area contributed by atoms with Crippen LogP contribution >= 0.6 is 0 Å². The molecule has 0 atom stereocenters. The van der Waals surface area contributed by atoms with Gasteiger partial charge in [0.2, 0.25) is 0 Å². The smallest absolute Gasteiger partial charge is 0.163 e. The van der Waals surface area contributed by atoms with Gasteiger partial charge in [-0.25, -0.2) is 14.6 Å². The predicted molar refractivity (Wildman–Crippen MR) is 70.0 cm³/mol. The Hall–Kier alpha value is -1.69. The number of anilines is 1. The van der Waals surface area contributed by atoms with Gasteiger partial charge < -0.3 is 10.6 Å². The maximum absolute atomic E-state index is 5.79. The Morgan fingerprint density at radius 1 is 1.11 bits per heavy atom. The Kier molecular flexibility index (Phi) is 3.10. The third-order valence-corrected chi connectivity index (χ3v) is 3.54. The second-order valence-electron chi connectivity index (χ2n) is 4.77. The van der Waals surface area contributed by atoms with Gasteiger partial charge in [-0.2, -0.15) is 5.10 Å². The Balaban J connectivity index is 1.72. The summed E-state index contributed by atoms with van der Waals surface area (Å²) in [6.07, 6.45) is 7.24. The van der Waals surface area contributed by atoms with Crippen molar-refractivity contribution in [3.8, 4) is 0 Å². The van der Waals surface area contributed by atoms with Gasteiger partial charge in [0.1, 0.15) is 12.1 Å². The van der Waals surface area contributed by atoms with Crippen LogP contribution in [0.15, 0.2) is 12.5 Å². The summed E-state index contributed by atoms with van der Waals surface area (Å²) in [6.45, 7) is 4.30. The second kappa shape index (κ2) is 4.89. The van der Waals surface area contributed by atoms with Crippen LogP contribution in [-0.2, 0) is 6.54 Å². The van der Waals surface area contributed by atoms with E-state index in [2.05, 4.69) is 20.0 Å². The lowest BCUT2D eigenvalue weighted by Crippen LogP contribution is -2.32. The van der Waals surface area contributed by atoms with Crippen molar-refractivity contribution >= 4 is 16.9 Å². The number of piperidine rings is 1. The van der Waals surface area contributed by atoms with Crippen LogP contribution in [0.1, 0.15) is 19.3 Å². The van der Waals surface area contributed by atoms with E-state index in [0.717, 1.165) is 24.1 Å². The van der Waals surface area contributed by atoms with Crippen molar-refractivity contribution in [2.75, 3.05) is 25.4 Å². The fourth-order valence-corrected chi connectivity index (χ4v) is 2.49. The second-order valence-corrected chi connectivity index (χ2v) is 4.77. The van der Waals surface area contributed by atoms with E-state index in [1.807, 2.05) is 4.68 Å². The molecule has 0 amide bonds. The van der Waals surface area contributed by atoms with Crippen molar-refractivity contribution in [3.05, 3.63) is 12.5 Å². The van der Waals surface area contributed by atoms with E-state index < -0.39 is 0 Å². The van der Waals surface area contributed by atoms with E-state index in [1.54, 1.807) is 6.20 Å². The molecule has 2 N–H and O–H groups in total. The lowest BCUT2D eigenvalue weighted by molar-refractivity contribution is 0.219. The Morgan fingerprint density at radius 2 is 1.94 bits per heavy atom. The SMILES string of the molecule is Nc1ncnc2c1cnn2CCN1CCCCC1. The van der Waals surface area contributed by atoms with Crippen LogP contribution in [-0.4, -0.2) is 44.3 Å². The molecule has 6 nitrogen and oxygen atoms in total. The van der Waals surface area contributed by atoms with Gasteiger partial charge in [-0.3, -0.25) is 0 Å².